The zero-order valence-electron chi connectivity index (χ0n) is 67.3. The first-order chi connectivity index (χ1) is 58.5. The molecule has 0 saturated heterocycles. The van der Waals surface area contributed by atoms with Crippen molar-refractivity contribution in [2.75, 3.05) is 33.6 Å². The number of benzene rings is 7. The summed E-state index contributed by atoms with van der Waals surface area (Å²) >= 11 is 0. The van der Waals surface area contributed by atoms with E-state index in [1.807, 2.05) is 94.4 Å². The Hall–Kier alpha value is -15.5. The summed E-state index contributed by atoms with van der Waals surface area (Å²) in [5.74, 6) is -0.446. The number of anilines is 6. The number of H-pyrrole nitrogens is 1. The molecule has 12 aromatic rings. The number of nitrogens with two attached hydrogens (primary N) is 4. The number of fused-ring (bicyclic) bond motifs is 1. The van der Waals surface area contributed by atoms with Gasteiger partial charge in [-0.1, -0.05) is 175 Å². The van der Waals surface area contributed by atoms with Gasteiger partial charge in [0.2, 0.25) is 11.8 Å². The van der Waals surface area contributed by atoms with Crippen LogP contribution in [0.1, 0.15) is 106 Å². The molecule has 5 heterocycles. The number of hydrogen-bond acceptors (Lipinski definition) is 23. The number of aryl methyl sites for hydroxylation is 5. The highest BCUT2D eigenvalue weighted by Crippen LogP contribution is 2.22. The number of nitro benzene ring substituents is 4. The quantitative estimate of drug-likeness (QED) is 0.0153. The van der Waals surface area contributed by atoms with Crippen molar-refractivity contribution in [1.29, 1.82) is 0 Å². The van der Waals surface area contributed by atoms with Gasteiger partial charge in [0.15, 0.2) is 5.65 Å². The molecule has 12 rings (SSSR count). The van der Waals surface area contributed by atoms with Gasteiger partial charge >= 0.3 is 22.8 Å². The summed E-state index contributed by atoms with van der Waals surface area (Å²) in [6, 6.07) is 52.0. The summed E-state index contributed by atoms with van der Waals surface area (Å²) in [4.78, 5) is 176. The molecule has 38 heteroatoms. The minimum absolute atomic E-state index is 0. The molecule has 0 bridgehead atoms. The molecule has 0 saturated carbocycles. The van der Waals surface area contributed by atoms with Crippen molar-refractivity contribution in [3.8, 4) is 0 Å². The lowest BCUT2D eigenvalue weighted by Crippen LogP contribution is -2.43. The molecule has 644 valence electrons. The van der Waals surface area contributed by atoms with Crippen LogP contribution in [0.4, 0.5) is 57.3 Å². The van der Waals surface area contributed by atoms with E-state index in [1.165, 1.54) is 71.4 Å². The first-order valence-electron chi connectivity index (χ1n) is 39.0. The van der Waals surface area contributed by atoms with E-state index in [-0.39, 0.29) is 122 Å². The molecular formula is C85H96N20O18. The molecule has 11 N–H and O–H groups in total. The summed E-state index contributed by atoms with van der Waals surface area (Å²) < 4.78 is 9.71. The monoisotopic (exact) mass is 1680 g/mol. The number of hydrogen-bond donors (Lipinski definition) is 7. The summed E-state index contributed by atoms with van der Waals surface area (Å²) in [5, 5.41) is 48.4. The molecule has 0 aliphatic rings. The van der Waals surface area contributed by atoms with Gasteiger partial charge in [-0.15, -0.1) is 0 Å². The van der Waals surface area contributed by atoms with Gasteiger partial charge in [0.05, 0.1) is 32.5 Å². The van der Waals surface area contributed by atoms with Gasteiger partial charge in [0.1, 0.15) is 45.9 Å². The Morgan fingerprint density at radius 3 is 1.04 bits per heavy atom. The van der Waals surface area contributed by atoms with E-state index in [0.29, 0.717) is 87.9 Å². The van der Waals surface area contributed by atoms with Gasteiger partial charge in [0.25, 0.3) is 45.0 Å². The van der Waals surface area contributed by atoms with Crippen molar-refractivity contribution in [1.82, 2.24) is 46.5 Å². The fourth-order valence-electron chi connectivity index (χ4n) is 13.1. The number of carbonyl (C=O) groups is 2. The molecule has 0 aliphatic heterocycles. The highest BCUT2D eigenvalue weighted by atomic mass is 16.6. The molecule has 0 aliphatic carbocycles. The SMILES string of the molecule is C.CCCn1c(=O)c(N)c(N)n(CCc2ccc([N+](=O)[O-])cc2)c1=O.CCCn1c(=O)c(N)c(NC(=O)Cc2ccccc2)n(CCc2ccc([N+](=O)[O-])cc2)c1=O.CCCn1c(=O)c(NC(=O)Cc2ccccc2)c(N)n(CCc2ccc([N+](=O)[O-])cc2)c1=O.CCCn1c(=O)c2[nH]c(Cc3ccccc3)nc2n(CCc2ccc([N+](=O)[O-])cc2)c1=O. The van der Waals surface area contributed by atoms with E-state index in [0.717, 1.165) is 52.6 Å². The van der Waals surface area contributed by atoms with E-state index >= 15 is 0 Å². The number of imidazole rings is 1. The maximum absolute atomic E-state index is 13.1. The zero-order valence-corrected chi connectivity index (χ0v) is 67.3. The third-order valence-electron chi connectivity index (χ3n) is 19.4. The van der Waals surface area contributed by atoms with Gasteiger partial charge in [-0.3, -0.25) is 106 Å². The normalized spacial score (nSPS) is 10.7. The van der Waals surface area contributed by atoms with Gasteiger partial charge in [-0.2, -0.15) is 0 Å². The molecule has 0 radical (unpaired) electrons. The van der Waals surface area contributed by atoms with Crippen molar-refractivity contribution in [3.05, 3.63) is 357 Å². The van der Waals surface area contributed by atoms with Crippen LogP contribution in [0.25, 0.3) is 11.2 Å². The largest absolute Gasteiger partial charge is 0.391 e. The average molecular weight is 1690 g/mol. The molecule has 0 atom stereocenters. The van der Waals surface area contributed by atoms with E-state index in [2.05, 4.69) is 20.6 Å². The van der Waals surface area contributed by atoms with Crippen LogP contribution < -0.4 is 78.6 Å². The third-order valence-corrected chi connectivity index (χ3v) is 19.4. The highest BCUT2D eigenvalue weighted by Gasteiger charge is 2.24. The molecule has 0 unspecified atom stereocenters. The molecule has 0 spiro atoms. The van der Waals surface area contributed by atoms with E-state index in [9.17, 15) is 88.4 Å². The fourth-order valence-corrected chi connectivity index (χ4v) is 13.1. The summed E-state index contributed by atoms with van der Waals surface area (Å²) in [6.07, 6.45) is 4.55. The lowest BCUT2D eigenvalue weighted by Gasteiger charge is -2.18. The van der Waals surface area contributed by atoms with E-state index in [1.54, 1.807) is 72.8 Å². The molecule has 2 amide bonds. The second-order valence-corrected chi connectivity index (χ2v) is 28.0. The Labute approximate surface area is 701 Å². The van der Waals surface area contributed by atoms with Gasteiger partial charge in [-0.25, -0.2) is 24.2 Å². The van der Waals surface area contributed by atoms with Crippen molar-refractivity contribution in [2.24, 2.45) is 0 Å². The van der Waals surface area contributed by atoms with Gasteiger partial charge in [-0.05, 0) is 90.3 Å². The number of nitrogens with one attached hydrogen (secondary N) is 3. The predicted octanol–water partition coefficient (Wildman–Crippen LogP) is 9.08. The number of amides is 2. The van der Waals surface area contributed by atoms with Crippen LogP contribution in [0.2, 0.25) is 0 Å². The smallest absolute Gasteiger partial charge is 0.332 e. The van der Waals surface area contributed by atoms with Crippen LogP contribution in [0.3, 0.4) is 0 Å². The number of nitrogens with zero attached hydrogens (tertiary/aromatic N) is 13. The second kappa shape index (κ2) is 43.8. The van der Waals surface area contributed by atoms with Crippen LogP contribution >= 0.6 is 0 Å². The first-order valence-corrected chi connectivity index (χ1v) is 39.0. The first kappa shape index (κ1) is 93.0. The van der Waals surface area contributed by atoms with Crippen molar-refractivity contribution in [3.63, 3.8) is 0 Å². The summed E-state index contributed by atoms with van der Waals surface area (Å²) in [5.41, 5.74) is 25.3. The molecule has 0 fully saturated rings. The number of aromatic amines is 1. The van der Waals surface area contributed by atoms with Crippen LogP contribution in [0, 0.1) is 40.5 Å². The number of carbonyl (C=O) groups excluding carboxylic acids is 2. The Morgan fingerprint density at radius 2 is 0.667 bits per heavy atom. The van der Waals surface area contributed by atoms with Crippen LogP contribution in [-0.2, 0) is 107 Å². The minimum Gasteiger partial charge on any atom is -0.391 e. The number of rotatable bonds is 32. The number of non-ortho nitro benzene ring substituents is 4. The van der Waals surface area contributed by atoms with Crippen LogP contribution in [-0.4, -0.2) is 78.0 Å². The van der Waals surface area contributed by atoms with Crippen LogP contribution in [0.15, 0.2) is 226 Å². The lowest BCUT2D eigenvalue weighted by molar-refractivity contribution is -0.385. The molecule has 38 nitrogen and oxygen atoms in total. The standard InChI is InChI=1S/2C23H25N5O5.C23H23N5O4.C15H19N5O4.CH4/c1-2-13-27-22(30)20(25-19(29)15-17-6-4-3-5-7-17)21(24)26(23(27)31)14-12-16-8-10-18(11-9-16)28(32)33;1-2-13-27-22(30)20(24)21(25-19(29)15-17-6-4-3-5-7-17)26(23(27)31)14-12-16-8-10-18(11-9-16)28(32)33;1-2-13-27-22(29)20-21(25-19(24-20)15-17-6-4-3-5-7-17)26(23(27)30)14-12-16-8-10-18(11-9-16)28(31)32;1-2-8-19-14(21)12(16)13(17)18(15(19)22)9-7-10-3-5-11(6-4-10)20(23)24;/h2*3-11H,2,12-15,24H2,1H3,(H,25,29);3-11H,2,12-15H2,1H3,(H,24,25);3-6H,2,7-9,16-17H2,1H3;1H4. The molecular weight excluding hydrogens is 1590 g/mol. The molecule has 123 heavy (non-hydrogen) atoms. The summed E-state index contributed by atoms with van der Waals surface area (Å²) in [6.45, 7) is 9.14. The maximum atomic E-state index is 13.1. The Kier molecular flexibility index (Phi) is 33.1. The van der Waals surface area contributed by atoms with Crippen LogP contribution in [0.5, 0.6) is 0 Å². The van der Waals surface area contributed by atoms with Crippen molar-refractivity contribution >= 4 is 80.2 Å². The Morgan fingerprint density at radius 1 is 0.358 bits per heavy atom. The fraction of sp³-hybridized carbons (Fsp3) is 0.282. The van der Waals surface area contributed by atoms with Gasteiger partial charge in [0, 0.05) is 107 Å². The number of nitrogen functional groups attached to an aromatic ring is 4. The Bertz CT molecular complexity index is 6280. The summed E-state index contributed by atoms with van der Waals surface area (Å²) in [7, 11) is 0. The Balaban J connectivity index is 0.000000204. The molecule has 5 aromatic heterocycles. The van der Waals surface area contributed by atoms with E-state index in [4.69, 9.17) is 22.9 Å². The third kappa shape index (κ3) is 23.9. The van der Waals surface area contributed by atoms with Crippen molar-refractivity contribution in [2.45, 2.75) is 158 Å². The maximum Gasteiger partial charge on any atom is 0.332 e. The molecule has 7 aromatic carbocycles. The minimum atomic E-state index is -0.650. The second-order valence-electron chi connectivity index (χ2n) is 28.0. The topological polar surface area (TPSA) is 540 Å². The van der Waals surface area contributed by atoms with Gasteiger partial charge < -0.3 is 38.6 Å². The van der Waals surface area contributed by atoms with Crippen molar-refractivity contribution < 1.29 is 29.3 Å². The lowest BCUT2D eigenvalue weighted by atomic mass is 10.1. The predicted molar refractivity (Wildman–Crippen MR) is 469 cm³/mol. The highest BCUT2D eigenvalue weighted by molar-refractivity contribution is 5.95. The number of nitro groups is 4. The zero-order chi connectivity index (χ0) is 88.4. The van der Waals surface area contributed by atoms with E-state index < -0.39 is 70.9 Å². The average Bonchev–Trinajstić information content (AvgIpc) is 1.31. The number of aromatic nitrogens is 10.